The van der Waals surface area contributed by atoms with Crippen LogP contribution in [0.3, 0.4) is 0 Å². The van der Waals surface area contributed by atoms with Gasteiger partial charge in [0.2, 0.25) is 0 Å². The highest BCUT2D eigenvalue weighted by molar-refractivity contribution is 5.20. The van der Waals surface area contributed by atoms with E-state index >= 15 is 0 Å². The molecule has 0 aliphatic heterocycles. The van der Waals surface area contributed by atoms with Gasteiger partial charge in [-0.15, -0.1) is 0 Å². The van der Waals surface area contributed by atoms with E-state index in [1.165, 1.54) is 25.7 Å². The molecule has 0 saturated carbocycles. The van der Waals surface area contributed by atoms with Crippen LogP contribution in [0.2, 0.25) is 0 Å². The minimum Gasteiger partial charge on any atom is -0.0842 e. The number of allylic oxidation sites excluding steroid dienone is 4. The fourth-order valence-electron chi connectivity index (χ4n) is 2.77. The summed E-state index contributed by atoms with van der Waals surface area (Å²) < 4.78 is 0. The van der Waals surface area contributed by atoms with Crippen molar-refractivity contribution in [1.29, 1.82) is 0 Å². The van der Waals surface area contributed by atoms with Crippen LogP contribution >= 0.6 is 0 Å². The lowest BCUT2D eigenvalue weighted by atomic mass is 9.76. The van der Waals surface area contributed by atoms with Crippen molar-refractivity contribution in [2.45, 2.75) is 53.4 Å². The first-order valence-electron chi connectivity index (χ1n) is 6.52. The van der Waals surface area contributed by atoms with Gasteiger partial charge >= 0.3 is 0 Å². The molecule has 0 aromatic carbocycles. The van der Waals surface area contributed by atoms with Crippen molar-refractivity contribution in [2.24, 2.45) is 17.8 Å². The van der Waals surface area contributed by atoms with E-state index in [1.807, 2.05) is 0 Å². The van der Waals surface area contributed by atoms with E-state index in [0.29, 0.717) is 0 Å². The zero-order chi connectivity index (χ0) is 11.3. The Morgan fingerprint density at radius 3 is 2.47 bits per heavy atom. The molecule has 0 heterocycles. The minimum atomic E-state index is 0.773. The van der Waals surface area contributed by atoms with E-state index in [2.05, 4.69) is 45.9 Å². The molecule has 1 rings (SSSR count). The van der Waals surface area contributed by atoms with E-state index in [1.54, 1.807) is 5.57 Å². The lowest BCUT2D eigenvalue weighted by Gasteiger charge is -2.30. The summed E-state index contributed by atoms with van der Waals surface area (Å²) in [6.07, 6.45) is 12.1. The molecule has 0 bridgehead atoms. The van der Waals surface area contributed by atoms with E-state index in [0.717, 1.165) is 17.8 Å². The van der Waals surface area contributed by atoms with E-state index in [-0.39, 0.29) is 0 Å². The van der Waals surface area contributed by atoms with Crippen LogP contribution < -0.4 is 0 Å². The van der Waals surface area contributed by atoms with Crippen LogP contribution in [0.4, 0.5) is 0 Å². The molecule has 0 spiro atoms. The SMILES string of the molecule is CCCC(C(C)C)C(C)C1=CC=CCC1. The van der Waals surface area contributed by atoms with Crippen molar-refractivity contribution in [3.05, 3.63) is 23.8 Å². The fraction of sp³-hybridized carbons (Fsp3) is 0.733. The first-order chi connectivity index (χ1) is 7.16. The second kappa shape index (κ2) is 6.15. The highest BCUT2D eigenvalue weighted by Crippen LogP contribution is 2.33. The molecule has 1 aliphatic rings. The van der Waals surface area contributed by atoms with Crippen LogP contribution in [0, 0.1) is 17.8 Å². The summed E-state index contributed by atoms with van der Waals surface area (Å²) in [5, 5.41) is 0. The topological polar surface area (TPSA) is 0 Å². The molecule has 0 N–H and O–H groups in total. The van der Waals surface area contributed by atoms with Crippen LogP contribution in [0.5, 0.6) is 0 Å². The van der Waals surface area contributed by atoms with Gasteiger partial charge in [-0.1, -0.05) is 57.9 Å². The molecule has 0 amide bonds. The van der Waals surface area contributed by atoms with Crippen molar-refractivity contribution in [3.63, 3.8) is 0 Å². The van der Waals surface area contributed by atoms with Crippen molar-refractivity contribution in [1.82, 2.24) is 0 Å². The molecule has 0 saturated heterocycles. The summed E-state index contributed by atoms with van der Waals surface area (Å²) in [5.74, 6) is 2.45. The van der Waals surface area contributed by atoms with Crippen LogP contribution in [-0.2, 0) is 0 Å². The Balaban J connectivity index is 2.66. The molecule has 1 aliphatic carbocycles. The molecule has 2 atom stereocenters. The van der Waals surface area contributed by atoms with Gasteiger partial charge in [0.15, 0.2) is 0 Å². The van der Waals surface area contributed by atoms with Gasteiger partial charge in [-0.05, 0) is 37.0 Å². The molecule has 0 fully saturated rings. The summed E-state index contributed by atoms with van der Waals surface area (Å²) in [6.45, 7) is 9.47. The first kappa shape index (κ1) is 12.5. The number of hydrogen-bond acceptors (Lipinski definition) is 0. The second-order valence-electron chi connectivity index (χ2n) is 5.19. The standard InChI is InChI=1S/C15H26/c1-5-9-15(12(2)3)13(4)14-10-7-6-8-11-14/h6-7,10,12-13,15H,5,8-9,11H2,1-4H3. The van der Waals surface area contributed by atoms with E-state index < -0.39 is 0 Å². The minimum absolute atomic E-state index is 0.773. The van der Waals surface area contributed by atoms with Crippen molar-refractivity contribution < 1.29 is 0 Å². The molecule has 15 heavy (non-hydrogen) atoms. The Labute approximate surface area is 95.5 Å². The summed E-state index contributed by atoms with van der Waals surface area (Å²) in [5.41, 5.74) is 1.67. The summed E-state index contributed by atoms with van der Waals surface area (Å²) >= 11 is 0. The summed E-state index contributed by atoms with van der Waals surface area (Å²) in [6, 6.07) is 0. The molecular weight excluding hydrogens is 180 g/mol. The van der Waals surface area contributed by atoms with Gasteiger partial charge in [0, 0.05) is 0 Å². The molecular formula is C15H26. The van der Waals surface area contributed by atoms with Crippen molar-refractivity contribution in [2.75, 3.05) is 0 Å². The van der Waals surface area contributed by atoms with Crippen molar-refractivity contribution >= 4 is 0 Å². The Morgan fingerprint density at radius 2 is 2.00 bits per heavy atom. The highest BCUT2D eigenvalue weighted by Gasteiger charge is 2.22. The van der Waals surface area contributed by atoms with Crippen LogP contribution in [0.15, 0.2) is 23.8 Å². The zero-order valence-corrected chi connectivity index (χ0v) is 10.8. The average Bonchev–Trinajstić information content (AvgIpc) is 2.26. The molecule has 0 nitrogen and oxygen atoms in total. The van der Waals surface area contributed by atoms with Gasteiger partial charge in [-0.2, -0.15) is 0 Å². The Hall–Kier alpha value is -0.520. The predicted octanol–water partition coefficient (Wildman–Crippen LogP) is 4.97. The first-order valence-corrected chi connectivity index (χ1v) is 6.52. The summed E-state index contributed by atoms with van der Waals surface area (Å²) in [4.78, 5) is 0. The largest absolute Gasteiger partial charge is 0.0842 e. The maximum atomic E-state index is 2.42. The van der Waals surface area contributed by atoms with Crippen molar-refractivity contribution in [3.8, 4) is 0 Å². The Kier molecular flexibility index (Phi) is 5.14. The fourth-order valence-corrected chi connectivity index (χ4v) is 2.77. The average molecular weight is 206 g/mol. The lowest BCUT2D eigenvalue weighted by molar-refractivity contribution is 0.275. The second-order valence-corrected chi connectivity index (χ2v) is 5.19. The molecule has 86 valence electrons. The maximum Gasteiger partial charge on any atom is -0.0198 e. The lowest BCUT2D eigenvalue weighted by Crippen LogP contribution is -2.20. The number of rotatable bonds is 5. The van der Waals surface area contributed by atoms with E-state index in [4.69, 9.17) is 0 Å². The quantitative estimate of drug-likeness (QED) is 0.595. The molecule has 0 aromatic heterocycles. The van der Waals surface area contributed by atoms with Gasteiger partial charge in [-0.3, -0.25) is 0 Å². The zero-order valence-electron chi connectivity index (χ0n) is 10.8. The Bertz CT molecular complexity index is 232. The van der Waals surface area contributed by atoms with Crippen LogP contribution in [0.25, 0.3) is 0 Å². The third-order valence-corrected chi connectivity index (χ3v) is 3.75. The van der Waals surface area contributed by atoms with Gasteiger partial charge < -0.3 is 0 Å². The third-order valence-electron chi connectivity index (χ3n) is 3.75. The van der Waals surface area contributed by atoms with E-state index in [9.17, 15) is 0 Å². The monoisotopic (exact) mass is 206 g/mol. The number of hydrogen-bond donors (Lipinski definition) is 0. The van der Waals surface area contributed by atoms with Gasteiger partial charge in [-0.25, -0.2) is 0 Å². The highest BCUT2D eigenvalue weighted by atomic mass is 14.3. The maximum absolute atomic E-state index is 2.42. The van der Waals surface area contributed by atoms with Crippen LogP contribution in [-0.4, -0.2) is 0 Å². The predicted molar refractivity (Wildman–Crippen MR) is 68.9 cm³/mol. The smallest absolute Gasteiger partial charge is 0.0198 e. The molecule has 2 unspecified atom stereocenters. The molecule has 0 radical (unpaired) electrons. The normalized spacial score (nSPS) is 20.2. The summed E-state index contributed by atoms with van der Waals surface area (Å²) in [7, 11) is 0. The third kappa shape index (κ3) is 3.52. The van der Waals surface area contributed by atoms with Crippen LogP contribution in [0.1, 0.15) is 53.4 Å². The van der Waals surface area contributed by atoms with Gasteiger partial charge in [0.05, 0.1) is 0 Å². The van der Waals surface area contributed by atoms with Gasteiger partial charge in [0.1, 0.15) is 0 Å². The van der Waals surface area contributed by atoms with Gasteiger partial charge in [0.25, 0.3) is 0 Å². The molecule has 0 heteroatoms. The molecule has 0 aromatic rings. The Morgan fingerprint density at radius 1 is 1.27 bits per heavy atom.